The Kier molecular flexibility index (Phi) is 4.12. The highest BCUT2D eigenvalue weighted by molar-refractivity contribution is 7.09. The molecule has 4 heteroatoms. The van der Waals surface area contributed by atoms with Crippen molar-refractivity contribution >= 4 is 17.0 Å². The number of hydrogen-bond donors (Lipinski definition) is 2. The maximum absolute atomic E-state index is 5.92. The van der Waals surface area contributed by atoms with Gasteiger partial charge in [0.2, 0.25) is 0 Å². The molecule has 17 heavy (non-hydrogen) atoms. The number of nitrogens with one attached hydrogen (secondary N) is 1. The summed E-state index contributed by atoms with van der Waals surface area (Å²) in [6.07, 6.45) is 2.82. The predicted octanol–water partition coefficient (Wildman–Crippen LogP) is 2.37. The van der Waals surface area contributed by atoms with Crippen molar-refractivity contribution in [2.75, 3.05) is 12.3 Å². The van der Waals surface area contributed by atoms with Gasteiger partial charge in [0, 0.05) is 36.8 Å². The molecule has 90 valence electrons. The minimum absolute atomic E-state index is 0.818. The van der Waals surface area contributed by atoms with E-state index in [0.29, 0.717) is 0 Å². The van der Waals surface area contributed by atoms with Crippen LogP contribution in [0.5, 0.6) is 0 Å². The molecule has 3 nitrogen and oxygen atoms in total. The number of aryl methyl sites for hydroxylation is 1. The normalized spacial score (nSPS) is 10.6. The molecule has 0 amide bonds. The molecule has 1 aromatic heterocycles. The van der Waals surface area contributed by atoms with Crippen molar-refractivity contribution in [3.05, 3.63) is 45.9 Å². The second-order valence-corrected chi connectivity index (χ2v) is 5.03. The fourth-order valence-electron chi connectivity index (χ4n) is 1.68. The third-order valence-electron chi connectivity index (χ3n) is 2.61. The summed E-state index contributed by atoms with van der Waals surface area (Å²) in [7, 11) is 0. The van der Waals surface area contributed by atoms with Crippen molar-refractivity contribution in [2.24, 2.45) is 0 Å². The molecule has 0 aliphatic carbocycles. The van der Waals surface area contributed by atoms with Crippen LogP contribution >= 0.6 is 11.3 Å². The number of nitrogen functional groups attached to an aromatic ring is 1. The Balaban J connectivity index is 1.80. The van der Waals surface area contributed by atoms with Gasteiger partial charge in [-0.2, -0.15) is 0 Å². The fourth-order valence-corrected chi connectivity index (χ4v) is 2.30. The second kappa shape index (κ2) is 5.80. The molecule has 2 rings (SSSR count). The van der Waals surface area contributed by atoms with Crippen LogP contribution < -0.4 is 11.1 Å². The molecule has 1 aromatic carbocycles. The third-order valence-corrected chi connectivity index (χ3v) is 3.45. The van der Waals surface area contributed by atoms with Crippen molar-refractivity contribution in [3.8, 4) is 0 Å². The van der Waals surface area contributed by atoms with E-state index in [9.17, 15) is 0 Å². The van der Waals surface area contributed by atoms with Crippen LogP contribution in [0.1, 0.15) is 16.1 Å². The topological polar surface area (TPSA) is 50.9 Å². The predicted molar refractivity (Wildman–Crippen MR) is 73.1 cm³/mol. The van der Waals surface area contributed by atoms with Crippen LogP contribution in [0.2, 0.25) is 0 Å². The summed E-state index contributed by atoms with van der Waals surface area (Å²) in [5.41, 5.74) is 9.19. The number of thiazole rings is 1. The van der Waals surface area contributed by atoms with Crippen molar-refractivity contribution in [2.45, 2.75) is 19.9 Å². The first kappa shape index (κ1) is 12.1. The Morgan fingerprint density at radius 2 is 2.29 bits per heavy atom. The number of nitrogens with zero attached hydrogens (tertiary/aromatic N) is 1. The van der Waals surface area contributed by atoms with Crippen LogP contribution in [0.4, 0.5) is 5.69 Å². The molecule has 0 saturated heterocycles. The van der Waals surface area contributed by atoms with E-state index in [1.807, 2.05) is 23.7 Å². The molecule has 0 bridgehead atoms. The zero-order chi connectivity index (χ0) is 12.1. The minimum Gasteiger partial charge on any atom is -0.398 e. The molecule has 0 fully saturated rings. The van der Waals surface area contributed by atoms with Gasteiger partial charge in [0.15, 0.2) is 0 Å². The largest absolute Gasteiger partial charge is 0.398 e. The van der Waals surface area contributed by atoms with E-state index < -0.39 is 0 Å². The molecule has 1 heterocycles. The van der Waals surface area contributed by atoms with E-state index in [1.54, 1.807) is 11.3 Å². The Morgan fingerprint density at radius 1 is 1.41 bits per heavy atom. The fraction of sp³-hybridized carbons (Fsp3) is 0.308. The van der Waals surface area contributed by atoms with Crippen molar-refractivity contribution in [1.29, 1.82) is 0 Å². The number of aromatic nitrogens is 1. The smallest absolute Gasteiger partial charge is 0.0937 e. The zero-order valence-electron chi connectivity index (χ0n) is 9.94. The van der Waals surface area contributed by atoms with Crippen molar-refractivity contribution < 1.29 is 0 Å². The lowest BCUT2D eigenvalue weighted by molar-refractivity contribution is 0.686. The summed E-state index contributed by atoms with van der Waals surface area (Å²) in [6.45, 7) is 3.83. The Labute approximate surface area is 106 Å². The first-order valence-corrected chi connectivity index (χ1v) is 6.58. The SMILES string of the molecule is Cc1ccc(N)c(CNCCc2nccs2)c1. The molecule has 0 aliphatic rings. The number of nitrogens with two attached hydrogens (primary N) is 1. The van der Waals surface area contributed by atoms with Gasteiger partial charge in [-0.1, -0.05) is 17.7 Å². The molecule has 3 N–H and O–H groups in total. The van der Waals surface area contributed by atoms with Crippen molar-refractivity contribution in [1.82, 2.24) is 10.3 Å². The molecule has 0 aliphatic heterocycles. The van der Waals surface area contributed by atoms with Gasteiger partial charge in [-0.3, -0.25) is 0 Å². The molecule has 0 atom stereocenters. The third kappa shape index (κ3) is 3.54. The molecule has 2 aromatic rings. The van der Waals surface area contributed by atoms with E-state index in [-0.39, 0.29) is 0 Å². The number of benzene rings is 1. The summed E-state index contributed by atoms with van der Waals surface area (Å²) in [6, 6.07) is 6.13. The van der Waals surface area contributed by atoms with Crippen LogP contribution in [0.15, 0.2) is 29.8 Å². The summed E-state index contributed by atoms with van der Waals surface area (Å²) in [5, 5.41) is 6.58. The Bertz CT molecular complexity index is 466. The van der Waals surface area contributed by atoms with E-state index in [4.69, 9.17) is 5.73 Å². The Hall–Kier alpha value is -1.39. The lowest BCUT2D eigenvalue weighted by Crippen LogP contribution is -2.17. The maximum Gasteiger partial charge on any atom is 0.0937 e. The van der Waals surface area contributed by atoms with Crippen LogP contribution in [-0.2, 0) is 13.0 Å². The van der Waals surface area contributed by atoms with Gasteiger partial charge in [0.05, 0.1) is 5.01 Å². The van der Waals surface area contributed by atoms with Gasteiger partial charge in [-0.15, -0.1) is 11.3 Å². The Morgan fingerprint density at radius 3 is 3.06 bits per heavy atom. The first-order valence-electron chi connectivity index (χ1n) is 5.70. The highest BCUT2D eigenvalue weighted by Gasteiger charge is 2.00. The van der Waals surface area contributed by atoms with Gasteiger partial charge in [0.25, 0.3) is 0 Å². The van der Waals surface area contributed by atoms with Gasteiger partial charge in [-0.05, 0) is 18.6 Å². The number of rotatable bonds is 5. The second-order valence-electron chi connectivity index (χ2n) is 4.05. The van der Waals surface area contributed by atoms with E-state index >= 15 is 0 Å². The average Bonchev–Trinajstić information content (AvgIpc) is 2.82. The van der Waals surface area contributed by atoms with Crippen molar-refractivity contribution in [3.63, 3.8) is 0 Å². The monoisotopic (exact) mass is 247 g/mol. The molecule has 0 saturated carbocycles. The van der Waals surface area contributed by atoms with E-state index in [1.165, 1.54) is 16.1 Å². The lowest BCUT2D eigenvalue weighted by atomic mass is 10.1. The lowest BCUT2D eigenvalue weighted by Gasteiger charge is -2.08. The number of anilines is 1. The zero-order valence-corrected chi connectivity index (χ0v) is 10.8. The quantitative estimate of drug-likeness (QED) is 0.630. The van der Waals surface area contributed by atoms with E-state index in [2.05, 4.69) is 23.3 Å². The standard InChI is InChI=1S/C13H17N3S/c1-10-2-3-12(14)11(8-10)9-15-5-4-13-16-6-7-17-13/h2-3,6-8,15H,4-5,9,14H2,1H3. The van der Waals surface area contributed by atoms with Gasteiger partial charge in [0.1, 0.15) is 0 Å². The van der Waals surface area contributed by atoms with E-state index in [0.717, 1.165) is 25.2 Å². The van der Waals surface area contributed by atoms with Gasteiger partial charge >= 0.3 is 0 Å². The summed E-state index contributed by atoms with van der Waals surface area (Å²) in [4.78, 5) is 4.25. The first-order chi connectivity index (χ1) is 8.25. The van der Waals surface area contributed by atoms with Gasteiger partial charge in [-0.25, -0.2) is 4.98 Å². The maximum atomic E-state index is 5.92. The molecule has 0 radical (unpaired) electrons. The summed E-state index contributed by atoms with van der Waals surface area (Å²) in [5.74, 6) is 0. The van der Waals surface area contributed by atoms with Crippen LogP contribution in [0.3, 0.4) is 0 Å². The highest BCUT2D eigenvalue weighted by atomic mass is 32.1. The van der Waals surface area contributed by atoms with Crippen LogP contribution in [0.25, 0.3) is 0 Å². The number of hydrogen-bond acceptors (Lipinski definition) is 4. The average molecular weight is 247 g/mol. The molecule has 0 spiro atoms. The highest BCUT2D eigenvalue weighted by Crippen LogP contribution is 2.13. The summed E-state index contributed by atoms with van der Waals surface area (Å²) < 4.78 is 0. The summed E-state index contributed by atoms with van der Waals surface area (Å²) >= 11 is 1.70. The molecule has 0 unspecified atom stereocenters. The van der Waals surface area contributed by atoms with Crippen LogP contribution in [0, 0.1) is 6.92 Å². The molecular weight excluding hydrogens is 230 g/mol. The van der Waals surface area contributed by atoms with Gasteiger partial charge < -0.3 is 11.1 Å². The molecular formula is C13H17N3S. The van der Waals surface area contributed by atoms with Crippen LogP contribution in [-0.4, -0.2) is 11.5 Å². The minimum atomic E-state index is 0.818.